The molecule has 0 radical (unpaired) electrons. The average molecular weight is 444 g/mol. The third-order valence-corrected chi connectivity index (χ3v) is 6.93. The van der Waals surface area contributed by atoms with Crippen molar-refractivity contribution >= 4 is 32.6 Å². The molecule has 164 valence electrons. The summed E-state index contributed by atoms with van der Waals surface area (Å²) < 4.78 is 30.5. The molecule has 0 saturated heterocycles. The quantitative estimate of drug-likeness (QED) is 0.535. The van der Waals surface area contributed by atoms with E-state index in [9.17, 15) is 13.2 Å². The molecule has 0 bridgehead atoms. The van der Waals surface area contributed by atoms with Gasteiger partial charge in [-0.1, -0.05) is 19.9 Å². The second-order valence-corrected chi connectivity index (χ2v) is 9.84. The summed E-state index contributed by atoms with van der Waals surface area (Å²) in [6.45, 7) is 6.62. The summed E-state index contributed by atoms with van der Waals surface area (Å²) in [6.07, 6.45) is 1.42. The van der Waals surface area contributed by atoms with Crippen molar-refractivity contribution in [2.45, 2.75) is 31.7 Å². The van der Waals surface area contributed by atoms with Crippen LogP contribution >= 0.6 is 0 Å². The minimum absolute atomic E-state index is 0.0261. The van der Waals surface area contributed by atoms with E-state index in [0.29, 0.717) is 34.8 Å². The molecule has 0 spiro atoms. The lowest BCUT2D eigenvalue weighted by atomic mass is 9.95. The molecule has 2 aromatic heterocycles. The highest BCUT2D eigenvalue weighted by atomic mass is 32.2. The highest BCUT2D eigenvalue weighted by Gasteiger charge is 2.27. The van der Waals surface area contributed by atoms with Crippen molar-refractivity contribution in [2.24, 2.45) is 5.92 Å². The molecule has 3 N–H and O–H groups in total. The zero-order chi connectivity index (χ0) is 22.2. The van der Waals surface area contributed by atoms with E-state index in [1.165, 1.54) is 6.33 Å². The first kappa shape index (κ1) is 21.1. The molecule has 1 aliphatic heterocycles. The Bertz CT molecular complexity index is 1240. The summed E-state index contributed by atoms with van der Waals surface area (Å²) in [6, 6.07) is 6.75. The van der Waals surface area contributed by atoms with E-state index in [2.05, 4.69) is 25.6 Å². The number of amides is 1. The van der Waals surface area contributed by atoms with Crippen molar-refractivity contribution in [1.82, 2.24) is 20.3 Å². The summed E-state index contributed by atoms with van der Waals surface area (Å²) in [5.41, 5.74) is 1.76. The Kier molecular flexibility index (Phi) is 5.57. The maximum atomic E-state index is 12.5. The van der Waals surface area contributed by atoms with Crippen LogP contribution in [0.5, 0.6) is 5.75 Å². The first-order valence-electron chi connectivity index (χ1n) is 10.2. The summed E-state index contributed by atoms with van der Waals surface area (Å²) in [4.78, 5) is 24.0. The van der Waals surface area contributed by atoms with Crippen LogP contribution in [0.3, 0.4) is 0 Å². The van der Waals surface area contributed by atoms with E-state index in [-0.39, 0.29) is 35.1 Å². The maximum Gasteiger partial charge on any atom is 0.267 e. The van der Waals surface area contributed by atoms with Crippen LogP contribution in [0.4, 0.5) is 5.82 Å². The molecule has 3 heterocycles. The Labute approximate surface area is 180 Å². The third kappa shape index (κ3) is 4.07. The fourth-order valence-electron chi connectivity index (χ4n) is 3.67. The fourth-order valence-corrected chi connectivity index (χ4v) is 4.94. The van der Waals surface area contributed by atoms with Crippen molar-refractivity contribution in [1.29, 1.82) is 0 Å². The van der Waals surface area contributed by atoms with Crippen molar-refractivity contribution in [3.05, 3.63) is 41.9 Å². The van der Waals surface area contributed by atoms with Gasteiger partial charge >= 0.3 is 0 Å². The van der Waals surface area contributed by atoms with Crippen molar-refractivity contribution in [2.75, 3.05) is 24.2 Å². The van der Waals surface area contributed by atoms with E-state index in [0.717, 1.165) is 5.56 Å². The number of hydrogen-bond acceptors (Lipinski definition) is 7. The Balaban J connectivity index is 1.72. The number of carbonyl (C=O) groups is 1. The lowest BCUT2D eigenvalue weighted by Crippen LogP contribution is -2.23. The van der Waals surface area contributed by atoms with Crippen molar-refractivity contribution < 1.29 is 17.9 Å². The first-order valence-corrected chi connectivity index (χ1v) is 11.8. The number of nitrogens with one attached hydrogen (secondary N) is 3. The number of anilines is 1. The van der Waals surface area contributed by atoms with Crippen LogP contribution in [0.15, 0.2) is 35.5 Å². The number of aromatic amines is 1. The molecule has 0 saturated carbocycles. The first-order chi connectivity index (χ1) is 14.8. The van der Waals surface area contributed by atoms with Crippen LogP contribution in [0.2, 0.25) is 0 Å². The average Bonchev–Trinajstić information content (AvgIpc) is 3.17. The van der Waals surface area contributed by atoms with E-state index in [4.69, 9.17) is 4.74 Å². The third-order valence-electron chi connectivity index (χ3n) is 5.24. The largest absolute Gasteiger partial charge is 0.491 e. The number of fused-ring (bicyclic) bond motifs is 2. The van der Waals surface area contributed by atoms with E-state index < -0.39 is 9.84 Å². The van der Waals surface area contributed by atoms with Crippen LogP contribution in [0.1, 0.15) is 42.9 Å². The van der Waals surface area contributed by atoms with Gasteiger partial charge in [-0.15, -0.1) is 0 Å². The molecule has 1 amide bonds. The van der Waals surface area contributed by atoms with E-state index in [1.807, 2.05) is 26.8 Å². The fraction of sp³-hybridized carbons (Fsp3) is 0.381. The van der Waals surface area contributed by atoms with Crippen LogP contribution in [-0.4, -0.2) is 48.2 Å². The summed E-state index contributed by atoms with van der Waals surface area (Å²) in [7, 11) is -3.37. The molecule has 1 aliphatic rings. The van der Waals surface area contributed by atoms with Crippen LogP contribution in [0.25, 0.3) is 11.0 Å². The monoisotopic (exact) mass is 443 g/mol. The Morgan fingerprint density at radius 3 is 2.81 bits per heavy atom. The second-order valence-electron chi connectivity index (χ2n) is 7.77. The highest BCUT2D eigenvalue weighted by molar-refractivity contribution is 7.91. The lowest BCUT2D eigenvalue weighted by molar-refractivity contribution is 0.0951. The van der Waals surface area contributed by atoms with E-state index in [1.54, 1.807) is 18.2 Å². The Morgan fingerprint density at radius 2 is 2.06 bits per heavy atom. The number of sulfone groups is 1. The van der Waals surface area contributed by atoms with Gasteiger partial charge in [0.25, 0.3) is 5.91 Å². The van der Waals surface area contributed by atoms with Crippen LogP contribution in [0, 0.1) is 5.92 Å². The molecule has 1 aromatic carbocycles. The molecule has 0 fully saturated rings. The van der Waals surface area contributed by atoms with Gasteiger partial charge in [0.2, 0.25) is 0 Å². The number of ether oxygens (including phenoxy) is 1. The summed E-state index contributed by atoms with van der Waals surface area (Å²) >= 11 is 0. The van der Waals surface area contributed by atoms with Gasteiger partial charge in [0, 0.05) is 6.54 Å². The molecule has 0 aliphatic carbocycles. The molecule has 9 nitrogen and oxygen atoms in total. The van der Waals surface area contributed by atoms with Gasteiger partial charge in [0.05, 0.1) is 17.2 Å². The predicted octanol–water partition coefficient (Wildman–Crippen LogP) is 2.68. The molecule has 31 heavy (non-hydrogen) atoms. The number of carbonyl (C=O) groups excluding carboxylic acids is 1. The van der Waals surface area contributed by atoms with Gasteiger partial charge in [-0.3, -0.25) is 4.79 Å². The smallest absolute Gasteiger partial charge is 0.267 e. The molecule has 3 aromatic rings. The zero-order valence-corrected chi connectivity index (χ0v) is 18.4. The van der Waals surface area contributed by atoms with Gasteiger partial charge in [-0.25, -0.2) is 18.4 Å². The zero-order valence-electron chi connectivity index (χ0n) is 17.6. The van der Waals surface area contributed by atoms with Gasteiger partial charge in [-0.05, 0) is 36.6 Å². The van der Waals surface area contributed by atoms with Gasteiger partial charge in [0.1, 0.15) is 40.7 Å². The second kappa shape index (κ2) is 8.18. The SMILES string of the molecule is CCNC(=O)c1cc2c(N[C@H](c3ccc4c(c3)S(=O)(=O)CCO4)C(C)C)ncnc2[nH]1. The lowest BCUT2D eigenvalue weighted by Gasteiger charge is -2.26. The molecular weight excluding hydrogens is 418 g/mol. The number of nitrogens with zero attached hydrogens (tertiary/aromatic N) is 2. The summed E-state index contributed by atoms with van der Waals surface area (Å²) in [5, 5.41) is 6.86. The topological polar surface area (TPSA) is 126 Å². The van der Waals surface area contributed by atoms with Crippen molar-refractivity contribution in [3.63, 3.8) is 0 Å². The van der Waals surface area contributed by atoms with Gasteiger partial charge in [-0.2, -0.15) is 0 Å². The Hall–Kier alpha value is -3.14. The van der Waals surface area contributed by atoms with E-state index >= 15 is 0 Å². The standard InChI is InChI=1S/C21H25N5O4S/c1-4-22-21(27)15-10-14-19(25-15)23-11-24-20(14)26-18(12(2)3)13-5-6-16-17(9-13)31(28,29)8-7-30-16/h5-6,9-12,18H,4,7-8H2,1-3H3,(H,22,27)(H2,23,24,25,26)/t18-/m0/s1. The van der Waals surface area contributed by atoms with Gasteiger partial charge in [0.15, 0.2) is 9.84 Å². The molecule has 1 atom stereocenters. The minimum Gasteiger partial charge on any atom is -0.491 e. The van der Waals surface area contributed by atoms with Crippen LogP contribution < -0.4 is 15.4 Å². The molecule has 4 rings (SSSR count). The number of H-pyrrole nitrogens is 1. The molecule has 0 unspecified atom stereocenters. The number of rotatable bonds is 6. The van der Waals surface area contributed by atoms with Crippen LogP contribution in [-0.2, 0) is 9.84 Å². The maximum absolute atomic E-state index is 12.5. The van der Waals surface area contributed by atoms with Crippen molar-refractivity contribution in [3.8, 4) is 5.75 Å². The minimum atomic E-state index is -3.37. The normalized spacial score (nSPS) is 15.9. The number of hydrogen-bond donors (Lipinski definition) is 3. The van der Waals surface area contributed by atoms with Gasteiger partial charge < -0.3 is 20.4 Å². The molecular formula is C21H25N5O4S. The summed E-state index contributed by atoms with van der Waals surface area (Å²) in [5.74, 6) is 0.831. The highest BCUT2D eigenvalue weighted by Crippen LogP contribution is 2.35. The number of benzene rings is 1. The predicted molar refractivity (Wildman–Crippen MR) is 117 cm³/mol. The Morgan fingerprint density at radius 1 is 1.26 bits per heavy atom. The number of aromatic nitrogens is 3. The molecule has 10 heteroatoms.